The lowest BCUT2D eigenvalue weighted by Crippen LogP contribution is -2.38. The smallest absolute Gasteiger partial charge is 0.331 e. The highest BCUT2D eigenvalue weighted by atomic mass is 16.5. The molecule has 5 aromatic carbocycles. The van der Waals surface area contributed by atoms with Crippen molar-refractivity contribution in [2.75, 3.05) is 7.11 Å². The third-order valence-corrected chi connectivity index (χ3v) is 18.3. The van der Waals surface area contributed by atoms with E-state index in [-0.39, 0.29) is 57.6 Å². The summed E-state index contributed by atoms with van der Waals surface area (Å²) in [4.78, 5) is 87.4. The van der Waals surface area contributed by atoms with Crippen molar-refractivity contribution >= 4 is 32.7 Å². The fourth-order valence-electron chi connectivity index (χ4n) is 13.2. The van der Waals surface area contributed by atoms with E-state index < -0.39 is 0 Å². The SMILES string of the molecule is CC(C)Cn1c(=O)n(C)c(=O)c2c(OC3CCCC3)n(Cc3ccc(-n4cncn4)cc3)cc21.CC(C)Cn1c(=O)n(C)c(=O)c2c(Oc3ccccc3)n(Cc3ccc(-c4ccccn4)cc3)cc21.COc1ccc(Cn2c(Oc3ccccc3)c3c(=O)n(C)c(=O)n(CC(C)C)c3c2C)cc1. The molecule has 103 heavy (non-hydrogen) atoms. The molecule has 0 radical (unpaired) electrons. The molecule has 23 heteroatoms. The maximum atomic E-state index is 13.3. The number of pyridine rings is 1. The molecule has 1 aliphatic rings. The number of rotatable bonds is 21. The predicted octanol–water partition coefficient (Wildman–Crippen LogP) is 12.5. The minimum atomic E-state index is -0.370. The molecule has 8 aromatic heterocycles. The summed E-state index contributed by atoms with van der Waals surface area (Å²) in [6.07, 6.45) is 13.0. The molecular formula is C80H87N13O10. The molecule has 1 fully saturated rings. The normalized spacial score (nSPS) is 12.4. The van der Waals surface area contributed by atoms with Gasteiger partial charge in [-0.2, -0.15) is 5.10 Å². The van der Waals surface area contributed by atoms with E-state index in [1.165, 1.54) is 29.6 Å². The van der Waals surface area contributed by atoms with E-state index in [2.05, 4.69) is 42.8 Å². The standard InChI is InChI=1S/C29H28N4O3.C26H29N3O4.C25H30N6O3/c1-20(2)17-33-25-19-32(18-21-12-14-22(15-13-21)24-11-7-8-16-30-24)28(36-23-9-5-4-6-10-23)26(25)27(34)31(3)29(33)35;1-17(2)15-29-23-18(3)28(16-19-11-13-20(32-5)14-12-19)25(33-21-9-7-6-8-10-21)22(23)24(30)27(4)26(29)31;1-17(2)12-30-21-14-29(13-18-8-10-19(11-9-18)31-16-26-15-27-31)24(34-20-6-4-5-7-20)22(21)23(32)28(3)25(30)33/h4-16,19-20H,17-18H2,1-3H3;6-14,17H,15-16H2,1-5H3;8-11,14-17,20H,4-7,12-13H2,1-3H3. The second-order valence-corrected chi connectivity index (χ2v) is 27.4. The lowest BCUT2D eigenvalue weighted by molar-refractivity contribution is 0.196. The summed E-state index contributed by atoms with van der Waals surface area (Å²) < 4.78 is 40.5. The van der Waals surface area contributed by atoms with Gasteiger partial charge in [-0.25, -0.2) is 24.0 Å². The molecule has 8 heterocycles. The molecule has 0 unspecified atom stereocenters. The Morgan fingerprint density at radius 3 is 1.46 bits per heavy atom. The van der Waals surface area contributed by atoms with Crippen LogP contribution in [0.5, 0.6) is 34.9 Å². The molecule has 0 bridgehead atoms. The number of para-hydroxylation sites is 2. The number of methoxy groups -OCH3 is 1. The van der Waals surface area contributed by atoms with Gasteiger partial charge in [0.15, 0.2) is 0 Å². The van der Waals surface area contributed by atoms with Crippen molar-refractivity contribution in [1.82, 2.24) is 60.9 Å². The highest BCUT2D eigenvalue weighted by molar-refractivity contribution is 5.88. The Balaban J connectivity index is 0.000000146. The average Bonchev–Trinajstić information content (AvgIpc) is 1.60. The second-order valence-electron chi connectivity index (χ2n) is 27.4. The first kappa shape index (κ1) is 71.1. The second kappa shape index (κ2) is 31.0. The monoisotopic (exact) mass is 1390 g/mol. The van der Waals surface area contributed by atoms with E-state index in [1.807, 2.05) is 199 Å². The predicted molar refractivity (Wildman–Crippen MR) is 401 cm³/mol. The number of fused-ring (bicyclic) bond motifs is 3. The molecule has 0 aliphatic heterocycles. The highest BCUT2D eigenvalue weighted by Crippen LogP contribution is 2.36. The lowest BCUT2D eigenvalue weighted by Gasteiger charge is -2.16. The van der Waals surface area contributed by atoms with Crippen LogP contribution in [0.15, 0.2) is 212 Å². The Morgan fingerprint density at radius 2 is 0.951 bits per heavy atom. The Morgan fingerprint density at radius 1 is 0.485 bits per heavy atom. The van der Waals surface area contributed by atoms with Gasteiger partial charge in [0.05, 0.1) is 54.7 Å². The fraction of sp³-hybridized carbons (Fsp3) is 0.312. The van der Waals surface area contributed by atoms with Crippen LogP contribution in [0.3, 0.4) is 0 Å². The Kier molecular flexibility index (Phi) is 21.4. The van der Waals surface area contributed by atoms with Gasteiger partial charge in [0.25, 0.3) is 16.7 Å². The van der Waals surface area contributed by atoms with Crippen LogP contribution in [-0.2, 0) is 60.4 Å². The van der Waals surface area contributed by atoms with Crippen molar-refractivity contribution in [3.63, 3.8) is 0 Å². The van der Waals surface area contributed by atoms with Crippen LogP contribution < -0.4 is 52.7 Å². The van der Waals surface area contributed by atoms with Gasteiger partial charge in [0.2, 0.25) is 17.6 Å². The summed E-state index contributed by atoms with van der Waals surface area (Å²) in [6, 6.07) is 48.5. The summed E-state index contributed by atoms with van der Waals surface area (Å²) >= 11 is 0. The highest BCUT2D eigenvalue weighted by Gasteiger charge is 2.28. The maximum Gasteiger partial charge on any atom is 0.331 e. The first-order valence-electron chi connectivity index (χ1n) is 34.8. The van der Waals surface area contributed by atoms with Gasteiger partial charge in [-0.3, -0.25) is 46.8 Å². The summed E-state index contributed by atoms with van der Waals surface area (Å²) in [5.41, 5.74) is 6.60. The topological polar surface area (TPSA) is 227 Å². The first-order valence-corrected chi connectivity index (χ1v) is 34.8. The van der Waals surface area contributed by atoms with E-state index in [0.29, 0.717) is 101 Å². The number of ether oxygens (including phenoxy) is 4. The number of benzene rings is 5. The van der Waals surface area contributed by atoms with Gasteiger partial charge >= 0.3 is 17.1 Å². The molecule has 14 rings (SSSR count). The van der Waals surface area contributed by atoms with E-state index in [1.54, 1.807) is 45.1 Å². The van der Waals surface area contributed by atoms with E-state index in [4.69, 9.17) is 18.9 Å². The van der Waals surface area contributed by atoms with Crippen molar-refractivity contribution in [1.29, 1.82) is 0 Å². The van der Waals surface area contributed by atoms with E-state index >= 15 is 0 Å². The largest absolute Gasteiger partial charge is 0.497 e. The minimum Gasteiger partial charge on any atom is -0.497 e. The van der Waals surface area contributed by atoms with Gasteiger partial charge in [0, 0.05) is 70.6 Å². The molecule has 0 spiro atoms. The van der Waals surface area contributed by atoms with Gasteiger partial charge in [-0.1, -0.05) is 133 Å². The van der Waals surface area contributed by atoms with Crippen LogP contribution in [0.2, 0.25) is 0 Å². The lowest BCUT2D eigenvalue weighted by atomic mass is 10.1. The molecule has 1 aliphatic carbocycles. The van der Waals surface area contributed by atoms with Crippen LogP contribution in [-0.4, -0.2) is 74.1 Å². The van der Waals surface area contributed by atoms with Gasteiger partial charge in [-0.05, 0) is 128 Å². The molecule has 0 atom stereocenters. The zero-order valence-electron chi connectivity index (χ0n) is 60.1. The van der Waals surface area contributed by atoms with Gasteiger partial charge in [-0.15, -0.1) is 0 Å². The molecule has 0 N–H and O–H groups in total. The maximum absolute atomic E-state index is 13.3. The van der Waals surface area contributed by atoms with Crippen molar-refractivity contribution < 1.29 is 18.9 Å². The Labute approximate surface area is 594 Å². The quantitative estimate of drug-likeness (QED) is 0.0653. The molecule has 0 amide bonds. The zero-order chi connectivity index (χ0) is 72.8. The third-order valence-electron chi connectivity index (χ3n) is 18.3. The number of hydrogen-bond donors (Lipinski definition) is 0. The zero-order valence-corrected chi connectivity index (χ0v) is 60.1. The molecule has 23 nitrogen and oxygen atoms in total. The summed E-state index contributed by atoms with van der Waals surface area (Å²) in [6.45, 7) is 17.2. The molecular weight excluding hydrogens is 1300 g/mol. The van der Waals surface area contributed by atoms with Crippen LogP contribution in [0.4, 0.5) is 0 Å². The van der Waals surface area contributed by atoms with E-state index in [0.717, 1.165) is 75.3 Å². The van der Waals surface area contributed by atoms with Crippen LogP contribution >= 0.6 is 0 Å². The number of aryl methyl sites for hydroxylation is 1. The summed E-state index contributed by atoms with van der Waals surface area (Å²) in [7, 11) is 6.21. The average molecular weight is 1390 g/mol. The fourth-order valence-corrected chi connectivity index (χ4v) is 13.2. The van der Waals surface area contributed by atoms with E-state index in [9.17, 15) is 28.8 Å². The summed E-state index contributed by atoms with van der Waals surface area (Å²) in [5, 5.41) is 5.46. The van der Waals surface area contributed by atoms with Gasteiger partial charge < -0.3 is 32.6 Å². The van der Waals surface area contributed by atoms with Gasteiger partial charge in [0.1, 0.15) is 52.2 Å². The van der Waals surface area contributed by atoms with Crippen molar-refractivity contribution in [3.8, 4) is 51.8 Å². The molecule has 0 saturated heterocycles. The molecule has 532 valence electrons. The van der Waals surface area contributed by atoms with Crippen LogP contribution in [0.1, 0.15) is 89.6 Å². The number of hydrogen-bond acceptors (Lipinski definition) is 13. The van der Waals surface area contributed by atoms with Crippen molar-refractivity contribution in [3.05, 3.63) is 268 Å². The molecule has 13 aromatic rings. The number of aromatic nitrogens is 13. The molecule has 1 saturated carbocycles. The minimum absolute atomic E-state index is 0.0849. The van der Waals surface area contributed by atoms with Crippen molar-refractivity contribution in [2.24, 2.45) is 38.9 Å². The van der Waals surface area contributed by atoms with Crippen LogP contribution in [0, 0.1) is 24.7 Å². The first-order chi connectivity index (χ1) is 49.6. The number of nitrogens with zero attached hydrogens (tertiary/aromatic N) is 13. The Hall–Kier alpha value is -11.8. The third kappa shape index (κ3) is 15.3. The Bertz CT molecular complexity index is 5500. The van der Waals surface area contributed by atoms with Crippen molar-refractivity contribution in [2.45, 2.75) is 120 Å². The summed E-state index contributed by atoms with van der Waals surface area (Å²) in [5.74, 6) is 4.13. The van der Waals surface area contributed by atoms with Crippen LogP contribution in [0.25, 0.3) is 49.7 Å².